The Bertz CT molecular complexity index is 812. The summed E-state index contributed by atoms with van der Waals surface area (Å²) in [6.07, 6.45) is 1.80. The van der Waals surface area contributed by atoms with Crippen LogP contribution < -0.4 is 4.72 Å². The van der Waals surface area contributed by atoms with Crippen LogP contribution in [0.15, 0.2) is 35.4 Å². The van der Waals surface area contributed by atoms with Crippen LogP contribution in [0.1, 0.15) is 31.1 Å². The Labute approximate surface area is 134 Å². The van der Waals surface area contributed by atoms with E-state index >= 15 is 0 Å². The van der Waals surface area contributed by atoms with E-state index in [2.05, 4.69) is 9.82 Å². The van der Waals surface area contributed by atoms with Crippen molar-refractivity contribution >= 4 is 15.7 Å². The molecule has 1 unspecified atom stereocenters. The van der Waals surface area contributed by atoms with E-state index in [1.807, 2.05) is 13.8 Å². The number of sulfonamides is 1. The summed E-state index contributed by atoms with van der Waals surface area (Å²) in [6.45, 7) is 6.19. The third-order valence-corrected chi connectivity index (χ3v) is 5.02. The summed E-state index contributed by atoms with van der Waals surface area (Å²) in [7, 11) is -3.77. The third kappa shape index (κ3) is 3.74. The van der Waals surface area contributed by atoms with Crippen molar-refractivity contribution in [2.24, 2.45) is 0 Å². The second-order valence-electron chi connectivity index (χ2n) is 5.12. The summed E-state index contributed by atoms with van der Waals surface area (Å²) in [4.78, 5) is 10.0. The SMILES string of the molecule is CCn1cc(C(C)NS(=O)(=O)c2ccc([N+](=O)[O-])cc2)c(C)n1. The van der Waals surface area contributed by atoms with Crippen molar-refractivity contribution in [1.82, 2.24) is 14.5 Å². The number of nitro groups is 1. The lowest BCUT2D eigenvalue weighted by atomic mass is 10.1. The molecular formula is C14H18N4O4S. The zero-order valence-corrected chi connectivity index (χ0v) is 13.9. The molecule has 0 aliphatic heterocycles. The number of aryl methyl sites for hydroxylation is 2. The van der Waals surface area contributed by atoms with E-state index in [1.54, 1.807) is 17.8 Å². The van der Waals surface area contributed by atoms with Gasteiger partial charge in [-0.25, -0.2) is 13.1 Å². The number of nitrogens with one attached hydrogen (secondary N) is 1. The molecule has 2 aromatic rings. The van der Waals surface area contributed by atoms with Gasteiger partial charge in [0.15, 0.2) is 0 Å². The highest BCUT2D eigenvalue weighted by molar-refractivity contribution is 7.89. The first kappa shape index (κ1) is 17.1. The molecule has 2 rings (SSSR count). The van der Waals surface area contributed by atoms with Crippen molar-refractivity contribution in [3.05, 3.63) is 51.8 Å². The molecule has 23 heavy (non-hydrogen) atoms. The standard InChI is InChI=1S/C14H18N4O4S/c1-4-17-9-14(10(2)15-17)11(3)16-23(21,22)13-7-5-12(6-8-13)18(19)20/h5-9,11,16H,4H2,1-3H3. The monoisotopic (exact) mass is 338 g/mol. The summed E-state index contributed by atoms with van der Waals surface area (Å²) >= 11 is 0. The predicted octanol–water partition coefficient (Wildman–Crippen LogP) is 2.16. The lowest BCUT2D eigenvalue weighted by Crippen LogP contribution is -2.27. The number of hydrogen-bond donors (Lipinski definition) is 1. The van der Waals surface area contributed by atoms with Crippen LogP contribution in [0.25, 0.3) is 0 Å². The molecule has 8 nitrogen and oxygen atoms in total. The van der Waals surface area contributed by atoms with Gasteiger partial charge in [0.1, 0.15) is 0 Å². The average molecular weight is 338 g/mol. The van der Waals surface area contributed by atoms with Gasteiger partial charge in [-0.3, -0.25) is 14.8 Å². The molecule has 0 bridgehead atoms. The minimum absolute atomic E-state index is 0.0181. The summed E-state index contributed by atoms with van der Waals surface area (Å²) in [5.41, 5.74) is 1.39. The molecule has 1 atom stereocenters. The Morgan fingerprint density at radius 1 is 1.35 bits per heavy atom. The molecule has 0 radical (unpaired) electrons. The lowest BCUT2D eigenvalue weighted by Gasteiger charge is -2.13. The highest BCUT2D eigenvalue weighted by atomic mass is 32.2. The van der Waals surface area contributed by atoms with Crippen LogP contribution in [-0.2, 0) is 16.6 Å². The van der Waals surface area contributed by atoms with Gasteiger partial charge in [0, 0.05) is 36.5 Å². The molecule has 1 heterocycles. The quantitative estimate of drug-likeness (QED) is 0.641. The molecule has 0 saturated carbocycles. The fourth-order valence-corrected chi connectivity index (χ4v) is 3.45. The predicted molar refractivity (Wildman–Crippen MR) is 84.5 cm³/mol. The van der Waals surface area contributed by atoms with Gasteiger partial charge in [-0.15, -0.1) is 0 Å². The Morgan fingerprint density at radius 3 is 2.43 bits per heavy atom. The molecular weight excluding hydrogens is 320 g/mol. The Hall–Kier alpha value is -2.26. The van der Waals surface area contributed by atoms with Crippen molar-refractivity contribution in [2.75, 3.05) is 0 Å². The number of hydrogen-bond acceptors (Lipinski definition) is 5. The maximum Gasteiger partial charge on any atom is 0.269 e. The second kappa shape index (κ2) is 6.47. The molecule has 0 aliphatic rings. The zero-order chi connectivity index (χ0) is 17.2. The van der Waals surface area contributed by atoms with Crippen LogP contribution in [0, 0.1) is 17.0 Å². The van der Waals surface area contributed by atoms with Crippen LogP contribution in [0.2, 0.25) is 0 Å². The average Bonchev–Trinajstić information content (AvgIpc) is 2.88. The van der Waals surface area contributed by atoms with Crippen molar-refractivity contribution in [3.8, 4) is 0 Å². The molecule has 0 amide bonds. The van der Waals surface area contributed by atoms with Crippen LogP contribution in [0.3, 0.4) is 0 Å². The number of nitro benzene ring substituents is 1. The van der Waals surface area contributed by atoms with Gasteiger partial charge < -0.3 is 0 Å². The van der Waals surface area contributed by atoms with Gasteiger partial charge in [-0.1, -0.05) is 0 Å². The number of aromatic nitrogens is 2. The van der Waals surface area contributed by atoms with E-state index in [-0.39, 0.29) is 10.6 Å². The van der Waals surface area contributed by atoms with E-state index in [4.69, 9.17) is 0 Å². The zero-order valence-electron chi connectivity index (χ0n) is 13.1. The second-order valence-corrected chi connectivity index (χ2v) is 6.83. The number of non-ortho nitro benzene ring substituents is 1. The first-order valence-corrected chi connectivity index (χ1v) is 8.53. The highest BCUT2D eigenvalue weighted by Gasteiger charge is 2.21. The minimum atomic E-state index is -3.77. The lowest BCUT2D eigenvalue weighted by molar-refractivity contribution is -0.384. The third-order valence-electron chi connectivity index (χ3n) is 3.46. The van der Waals surface area contributed by atoms with E-state index in [0.29, 0.717) is 6.54 Å². The smallest absolute Gasteiger partial charge is 0.269 e. The van der Waals surface area contributed by atoms with Gasteiger partial charge >= 0.3 is 0 Å². The highest BCUT2D eigenvalue weighted by Crippen LogP contribution is 2.21. The Morgan fingerprint density at radius 2 is 1.96 bits per heavy atom. The Kier molecular flexibility index (Phi) is 4.81. The fraction of sp³-hybridized carbons (Fsp3) is 0.357. The summed E-state index contributed by atoms with van der Waals surface area (Å²) in [5.74, 6) is 0. The van der Waals surface area contributed by atoms with Crippen LogP contribution in [0.5, 0.6) is 0 Å². The largest absolute Gasteiger partial charge is 0.272 e. The van der Waals surface area contributed by atoms with Gasteiger partial charge in [-0.05, 0) is 32.9 Å². The van der Waals surface area contributed by atoms with Crippen LogP contribution >= 0.6 is 0 Å². The van der Waals surface area contributed by atoms with Crippen LogP contribution in [0.4, 0.5) is 5.69 Å². The van der Waals surface area contributed by atoms with Crippen molar-refractivity contribution in [1.29, 1.82) is 0 Å². The van der Waals surface area contributed by atoms with Gasteiger partial charge in [0.05, 0.1) is 15.5 Å². The van der Waals surface area contributed by atoms with Crippen molar-refractivity contribution in [3.63, 3.8) is 0 Å². The molecule has 0 spiro atoms. The first-order chi connectivity index (χ1) is 10.7. The van der Waals surface area contributed by atoms with Gasteiger partial charge in [0.2, 0.25) is 10.0 Å². The van der Waals surface area contributed by atoms with Crippen molar-refractivity contribution in [2.45, 2.75) is 38.3 Å². The van der Waals surface area contributed by atoms with Crippen LogP contribution in [-0.4, -0.2) is 23.1 Å². The fourth-order valence-electron chi connectivity index (χ4n) is 2.23. The minimum Gasteiger partial charge on any atom is -0.272 e. The van der Waals surface area contributed by atoms with E-state index in [1.165, 1.54) is 24.3 Å². The molecule has 1 aromatic carbocycles. The maximum absolute atomic E-state index is 12.4. The molecule has 9 heteroatoms. The van der Waals surface area contributed by atoms with E-state index in [9.17, 15) is 18.5 Å². The summed E-state index contributed by atoms with van der Waals surface area (Å²) in [6, 6.07) is 4.31. The Balaban J connectivity index is 2.22. The number of rotatable bonds is 6. The topological polar surface area (TPSA) is 107 Å². The first-order valence-electron chi connectivity index (χ1n) is 7.05. The van der Waals surface area contributed by atoms with Gasteiger partial charge in [0.25, 0.3) is 5.69 Å². The molecule has 0 fully saturated rings. The number of nitrogens with zero attached hydrogens (tertiary/aromatic N) is 3. The maximum atomic E-state index is 12.4. The number of benzene rings is 1. The van der Waals surface area contributed by atoms with Crippen molar-refractivity contribution < 1.29 is 13.3 Å². The van der Waals surface area contributed by atoms with E-state index < -0.39 is 21.0 Å². The summed E-state index contributed by atoms with van der Waals surface area (Å²) < 4.78 is 29.1. The molecule has 124 valence electrons. The van der Waals surface area contributed by atoms with Gasteiger partial charge in [-0.2, -0.15) is 5.10 Å². The molecule has 0 aliphatic carbocycles. The molecule has 1 aromatic heterocycles. The summed E-state index contributed by atoms with van der Waals surface area (Å²) in [5, 5.41) is 14.9. The normalized spacial score (nSPS) is 13.0. The van der Waals surface area contributed by atoms with E-state index in [0.717, 1.165) is 11.3 Å². The molecule has 0 saturated heterocycles. The molecule has 1 N–H and O–H groups in total.